The summed E-state index contributed by atoms with van der Waals surface area (Å²) in [6, 6.07) is 5.04. The number of sulfonamides is 1. The maximum Gasteiger partial charge on any atom is 0.228 e. The first-order chi connectivity index (χ1) is 11.9. The van der Waals surface area contributed by atoms with Gasteiger partial charge in [-0.05, 0) is 44.4 Å². The molecule has 0 aromatic heterocycles. The average Bonchev–Trinajstić information content (AvgIpc) is 2.57. The van der Waals surface area contributed by atoms with Gasteiger partial charge in [-0.1, -0.05) is 18.5 Å². The fraction of sp³-hybridized carbons (Fsp3) is 0.588. The lowest BCUT2D eigenvalue weighted by Gasteiger charge is -2.31. The van der Waals surface area contributed by atoms with Crippen LogP contribution >= 0.6 is 11.6 Å². The lowest BCUT2D eigenvalue weighted by molar-refractivity contribution is -0.120. The molecule has 1 aromatic rings. The summed E-state index contributed by atoms with van der Waals surface area (Å²) in [5.41, 5.74) is 0.507. The molecule has 1 amide bonds. The second-order valence-electron chi connectivity index (χ2n) is 6.08. The molecule has 1 unspecified atom stereocenters. The van der Waals surface area contributed by atoms with Crippen molar-refractivity contribution in [3.63, 3.8) is 0 Å². The topological polar surface area (TPSA) is 75.7 Å². The molecule has 0 bridgehead atoms. The van der Waals surface area contributed by atoms with E-state index in [1.165, 1.54) is 4.31 Å². The Kier molecular flexibility index (Phi) is 7.10. The molecular formula is C17H25ClN2O4S. The van der Waals surface area contributed by atoms with Crippen molar-refractivity contribution in [1.29, 1.82) is 0 Å². The maximum absolute atomic E-state index is 12.6. The molecule has 1 aliphatic heterocycles. The Morgan fingerprint density at radius 2 is 2.16 bits per heavy atom. The zero-order valence-electron chi connectivity index (χ0n) is 14.6. The van der Waals surface area contributed by atoms with E-state index in [2.05, 4.69) is 5.32 Å². The third-order valence-electron chi connectivity index (χ3n) is 4.11. The molecule has 140 valence electrons. The number of piperidine rings is 1. The van der Waals surface area contributed by atoms with Crippen molar-refractivity contribution in [3.8, 4) is 5.75 Å². The Hall–Kier alpha value is -1.31. The third kappa shape index (κ3) is 5.33. The molecule has 6 nitrogen and oxygen atoms in total. The molecule has 1 fully saturated rings. The number of halogens is 1. The predicted octanol–water partition coefficient (Wildman–Crippen LogP) is 3.13. The van der Waals surface area contributed by atoms with E-state index in [4.69, 9.17) is 16.3 Å². The molecule has 1 N–H and O–H groups in total. The van der Waals surface area contributed by atoms with E-state index in [1.807, 2.05) is 13.8 Å². The highest BCUT2D eigenvalue weighted by Gasteiger charge is 2.32. The van der Waals surface area contributed by atoms with Crippen LogP contribution in [0.3, 0.4) is 0 Å². The molecule has 8 heteroatoms. The monoisotopic (exact) mass is 388 g/mol. The smallest absolute Gasteiger partial charge is 0.228 e. The highest BCUT2D eigenvalue weighted by molar-refractivity contribution is 7.89. The molecule has 0 saturated carbocycles. The van der Waals surface area contributed by atoms with Crippen LogP contribution in [0, 0.1) is 5.92 Å². The number of amides is 1. The summed E-state index contributed by atoms with van der Waals surface area (Å²) in [5.74, 6) is 0.0735. The molecule has 1 aromatic carbocycles. The molecule has 1 saturated heterocycles. The van der Waals surface area contributed by atoms with Gasteiger partial charge in [-0.15, -0.1) is 0 Å². The summed E-state index contributed by atoms with van der Waals surface area (Å²) < 4.78 is 31.4. The van der Waals surface area contributed by atoms with E-state index in [0.717, 1.165) is 0 Å². The number of hydrogen-bond donors (Lipinski definition) is 1. The molecule has 1 atom stereocenters. The zero-order valence-corrected chi connectivity index (χ0v) is 16.2. The summed E-state index contributed by atoms with van der Waals surface area (Å²) in [6.07, 6.45) is 1.90. The van der Waals surface area contributed by atoms with Gasteiger partial charge in [0.2, 0.25) is 15.9 Å². The minimum absolute atomic E-state index is 0.115. The Morgan fingerprint density at radius 1 is 1.40 bits per heavy atom. The van der Waals surface area contributed by atoms with Crippen molar-refractivity contribution < 1.29 is 17.9 Å². The van der Waals surface area contributed by atoms with Crippen molar-refractivity contribution in [1.82, 2.24) is 4.31 Å². The van der Waals surface area contributed by atoms with Gasteiger partial charge in [-0.25, -0.2) is 12.7 Å². The lowest BCUT2D eigenvalue weighted by Crippen LogP contribution is -2.44. The van der Waals surface area contributed by atoms with E-state index in [0.29, 0.717) is 48.9 Å². The summed E-state index contributed by atoms with van der Waals surface area (Å²) in [4.78, 5) is 12.6. The van der Waals surface area contributed by atoms with Gasteiger partial charge in [-0.3, -0.25) is 4.79 Å². The van der Waals surface area contributed by atoms with Gasteiger partial charge < -0.3 is 10.1 Å². The number of rotatable bonds is 7. The van der Waals surface area contributed by atoms with Crippen LogP contribution in [0.4, 0.5) is 5.69 Å². The summed E-state index contributed by atoms with van der Waals surface area (Å²) in [6.45, 7) is 4.86. The van der Waals surface area contributed by atoms with Crippen LogP contribution in [0.15, 0.2) is 18.2 Å². The molecule has 25 heavy (non-hydrogen) atoms. The van der Waals surface area contributed by atoms with Crippen molar-refractivity contribution in [2.45, 2.75) is 33.1 Å². The number of carbonyl (C=O) groups is 1. The number of hydrogen-bond acceptors (Lipinski definition) is 4. The van der Waals surface area contributed by atoms with Gasteiger partial charge >= 0.3 is 0 Å². The molecule has 2 rings (SSSR count). The van der Waals surface area contributed by atoms with E-state index in [1.54, 1.807) is 18.2 Å². The number of nitrogens with zero attached hydrogens (tertiary/aromatic N) is 1. The second-order valence-corrected chi connectivity index (χ2v) is 8.60. The maximum atomic E-state index is 12.6. The SMILES string of the molecule is CCCS(=O)(=O)N1CCCC(C(=O)Nc2cc(Cl)ccc2OCC)C1. The summed E-state index contributed by atoms with van der Waals surface area (Å²) in [5, 5.41) is 3.33. The van der Waals surface area contributed by atoms with Crippen molar-refractivity contribution >= 4 is 33.2 Å². The van der Waals surface area contributed by atoms with Gasteiger partial charge in [0.15, 0.2) is 0 Å². The Balaban J connectivity index is 2.09. The number of anilines is 1. The zero-order chi connectivity index (χ0) is 18.4. The van der Waals surface area contributed by atoms with E-state index >= 15 is 0 Å². The van der Waals surface area contributed by atoms with Crippen molar-refractivity contribution in [2.75, 3.05) is 30.8 Å². The standard InChI is InChI=1S/C17H25ClN2O4S/c1-3-10-25(22,23)20-9-5-6-13(12-20)17(21)19-15-11-14(18)7-8-16(15)24-4-2/h7-8,11,13H,3-6,9-10,12H2,1-2H3,(H,19,21). The van der Waals surface area contributed by atoms with E-state index in [-0.39, 0.29) is 24.1 Å². The Morgan fingerprint density at radius 3 is 2.84 bits per heavy atom. The van der Waals surface area contributed by atoms with Crippen LogP contribution in [-0.2, 0) is 14.8 Å². The molecule has 0 radical (unpaired) electrons. The fourth-order valence-corrected chi connectivity index (χ4v) is 4.67. The van der Waals surface area contributed by atoms with E-state index in [9.17, 15) is 13.2 Å². The molecular weight excluding hydrogens is 364 g/mol. The number of benzene rings is 1. The Bertz CT molecular complexity index is 709. The van der Waals surface area contributed by atoms with Crippen LogP contribution in [-0.4, -0.2) is 44.1 Å². The van der Waals surface area contributed by atoms with E-state index < -0.39 is 10.0 Å². The average molecular weight is 389 g/mol. The lowest BCUT2D eigenvalue weighted by atomic mass is 9.98. The minimum Gasteiger partial charge on any atom is -0.492 e. The molecule has 0 spiro atoms. The Labute approximate surface area is 154 Å². The molecule has 0 aliphatic carbocycles. The van der Waals surface area contributed by atoms with Gasteiger partial charge in [0.05, 0.1) is 24.0 Å². The quantitative estimate of drug-likeness (QED) is 0.778. The first-order valence-corrected chi connectivity index (χ1v) is 10.6. The van der Waals surface area contributed by atoms with Gasteiger partial charge in [-0.2, -0.15) is 0 Å². The fourth-order valence-electron chi connectivity index (χ4n) is 2.91. The van der Waals surface area contributed by atoms with Crippen molar-refractivity contribution in [2.24, 2.45) is 5.92 Å². The normalized spacial score (nSPS) is 18.8. The van der Waals surface area contributed by atoms with Crippen LogP contribution in [0.2, 0.25) is 5.02 Å². The highest BCUT2D eigenvalue weighted by Crippen LogP contribution is 2.29. The summed E-state index contributed by atoms with van der Waals surface area (Å²) in [7, 11) is -3.29. The van der Waals surface area contributed by atoms with Crippen LogP contribution in [0.5, 0.6) is 5.75 Å². The highest BCUT2D eigenvalue weighted by atomic mass is 35.5. The molecule has 1 aliphatic rings. The van der Waals surface area contributed by atoms with Gasteiger partial charge in [0, 0.05) is 18.1 Å². The molecule has 1 heterocycles. The first kappa shape index (κ1) is 20.0. The minimum atomic E-state index is -3.29. The van der Waals surface area contributed by atoms with Gasteiger partial charge in [0.1, 0.15) is 5.75 Å². The largest absolute Gasteiger partial charge is 0.492 e. The third-order valence-corrected chi connectivity index (χ3v) is 6.39. The first-order valence-electron chi connectivity index (χ1n) is 8.58. The second kappa shape index (κ2) is 8.87. The van der Waals surface area contributed by atoms with Crippen LogP contribution in [0.25, 0.3) is 0 Å². The summed E-state index contributed by atoms with van der Waals surface area (Å²) >= 11 is 6.01. The predicted molar refractivity (Wildman–Crippen MR) is 99.6 cm³/mol. The number of nitrogens with one attached hydrogen (secondary N) is 1. The van der Waals surface area contributed by atoms with Crippen LogP contribution in [0.1, 0.15) is 33.1 Å². The number of ether oxygens (including phenoxy) is 1. The van der Waals surface area contributed by atoms with Crippen molar-refractivity contribution in [3.05, 3.63) is 23.2 Å². The number of carbonyl (C=O) groups excluding carboxylic acids is 1. The van der Waals surface area contributed by atoms with Crippen LogP contribution < -0.4 is 10.1 Å². The van der Waals surface area contributed by atoms with Gasteiger partial charge in [0.25, 0.3) is 0 Å².